The molecule has 0 bridgehead atoms. The van der Waals surface area contributed by atoms with Gasteiger partial charge >= 0.3 is 0 Å². The fourth-order valence-electron chi connectivity index (χ4n) is 2.62. The van der Waals surface area contributed by atoms with Gasteiger partial charge in [-0.05, 0) is 18.9 Å². The number of anilines is 1. The molecule has 0 spiro atoms. The van der Waals surface area contributed by atoms with Crippen LogP contribution in [-0.2, 0) is 16.4 Å². The van der Waals surface area contributed by atoms with E-state index in [0.29, 0.717) is 18.8 Å². The molecule has 1 fully saturated rings. The molecule has 1 atom stereocenters. The molecule has 0 saturated carbocycles. The van der Waals surface area contributed by atoms with E-state index < -0.39 is 9.84 Å². The number of rotatable bonds is 5. The van der Waals surface area contributed by atoms with Crippen LogP contribution in [0.3, 0.4) is 0 Å². The standard InChI is InChI=1S/C17H20N4O3S/c1-12-2-4-13(5-3-12)8-20-17(22)15-9-19-16(10-18-15)21-14-6-7-25(23,24)11-14/h2-5,9-10,14H,6-8,11H2,1H3,(H,19,21)(H,20,22). The number of carbonyl (C=O) groups excluding carboxylic acids is 1. The van der Waals surface area contributed by atoms with Gasteiger partial charge in [-0.3, -0.25) is 4.79 Å². The van der Waals surface area contributed by atoms with Crippen molar-refractivity contribution in [2.75, 3.05) is 16.8 Å². The molecular weight excluding hydrogens is 340 g/mol. The van der Waals surface area contributed by atoms with Crippen molar-refractivity contribution >= 4 is 21.6 Å². The molecule has 0 aliphatic carbocycles. The Hall–Kier alpha value is -2.48. The van der Waals surface area contributed by atoms with Crippen molar-refractivity contribution < 1.29 is 13.2 Å². The van der Waals surface area contributed by atoms with Crippen molar-refractivity contribution in [2.45, 2.75) is 25.9 Å². The number of nitrogens with one attached hydrogen (secondary N) is 2. The summed E-state index contributed by atoms with van der Waals surface area (Å²) in [7, 11) is -2.95. The maximum atomic E-state index is 12.1. The Morgan fingerprint density at radius 2 is 1.96 bits per heavy atom. The van der Waals surface area contributed by atoms with Gasteiger partial charge in [-0.15, -0.1) is 0 Å². The summed E-state index contributed by atoms with van der Waals surface area (Å²) in [6.45, 7) is 2.43. The highest BCUT2D eigenvalue weighted by atomic mass is 32.2. The Morgan fingerprint density at radius 1 is 1.20 bits per heavy atom. The van der Waals surface area contributed by atoms with E-state index in [4.69, 9.17) is 0 Å². The summed E-state index contributed by atoms with van der Waals surface area (Å²) >= 11 is 0. The van der Waals surface area contributed by atoms with Crippen LogP contribution in [0.25, 0.3) is 0 Å². The van der Waals surface area contributed by atoms with Crippen LogP contribution in [-0.4, -0.2) is 41.8 Å². The lowest BCUT2D eigenvalue weighted by Crippen LogP contribution is -2.25. The van der Waals surface area contributed by atoms with Gasteiger partial charge in [0.2, 0.25) is 0 Å². The van der Waals surface area contributed by atoms with E-state index in [2.05, 4.69) is 20.6 Å². The van der Waals surface area contributed by atoms with Crippen molar-refractivity contribution in [3.8, 4) is 0 Å². The van der Waals surface area contributed by atoms with Gasteiger partial charge in [-0.1, -0.05) is 29.8 Å². The van der Waals surface area contributed by atoms with E-state index in [1.54, 1.807) is 0 Å². The molecule has 1 aromatic carbocycles. The predicted octanol–water partition coefficient (Wildman–Crippen LogP) is 1.31. The monoisotopic (exact) mass is 360 g/mol. The zero-order valence-electron chi connectivity index (χ0n) is 13.9. The number of aromatic nitrogens is 2. The van der Waals surface area contributed by atoms with Gasteiger partial charge in [-0.2, -0.15) is 0 Å². The SMILES string of the molecule is Cc1ccc(CNC(=O)c2cnc(NC3CCS(=O)(=O)C3)cn2)cc1. The summed E-state index contributed by atoms with van der Waals surface area (Å²) in [6.07, 6.45) is 3.39. The summed E-state index contributed by atoms with van der Waals surface area (Å²) in [5.74, 6) is 0.464. The number of carbonyl (C=O) groups is 1. The van der Waals surface area contributed by atoms with Gasteiger partial charge in [0, 0.05) is 12.6 Å². The quantitative estimate of drug-likeness (QED) is 0.834. The first-order chi connectivity index (χ1) is 11.9. The molecule has 1 aliphatic heterocycles. The third-order valence-electron chi connectivity index (χ3n) is 4.04. The predicted molar refractivity (Wildman–Crippen MR) is 95.1 cm³/mol. The van der Waals surface area contributed by atoms with Crippen molar-refractivity contribution in [3.63, 3.8) is 0 Å². The second-order valence-corrected chi connectivity index (χ2v) is 8.43. The Balaban J connectivity index is 1.54. The van der Waals surface area contributed by atoms with Crippen LogP contribution in [0.15, 0.2) is 36.7 Å². The zero-order chi connectivity index (χ0) is 17.9. The lowest BCUT2D eigenvalue weighted by Gasteiger charge is -2.11. The molecule has 8 heteroatoms. The highest BCUT2D eigenvalue weighted by Gasteiger charge is 2.27. The molecule has 2 N–H and O–H groups in total. The number of hydrogen-bond donors (Lipinski definition) is 2. The first-order valence-electron chi connectivity index (χ1n) is 8.04. The third-order valence-corrected chi connectivity index (χ3v) is 5.81. The average Bonchev–Trinajstić information content (AvgIpc) is 2.93. The van der Waals surface area contributed by atoms with E-state index in [1.807, 2.05) is 31.2 Å². The van der Waals surface area contributed by atoms with Gasteiger partial charge in [-0.25, -0.2) is 18.4 Å². The topological polar surface area (TPSA) is 101 Å². The minimum atomic E-state index is -2.95. The molecule has 132 valence electrons. The number of sulfone groups is 1. The molecule has 1 aromatic heterocycles. The Kier molecular flexibility index (Phi) is 4.98. The van der Waals surface area contributed by atoms with E-state index in [0.717, 1.165) is 5.56 Å². The maximum absolute atomic E-state index is 12.1. The molecular formula is C17H20N4O3S. The van der Waals surface area contributed by atoms with Crippen LogP contribution < -0.4 is 10.6 Å². The van der Waals surface area contributed by atoms with E-state index in [9.17, 15) is 13.2 Å². The molecule has 2 heterocycles. The minimum Gasteiger partial charge on any atom is -0.365 e. The van der Waals surface area contributed by atoms with Crippen LogP contribution >= 0.6 is 0 Å². The number of hydrogen-bond acceptors (Lipinski definition) is 6. The summed E-state index contributed by atoms with van der Waals surface area (Å²) in [4.78, 5) is 20.4. The third kappa shape index (κ3) is 4.76. The Morgan fingerprint density at radius 3 is 2.56 bits per heavy atom. The molecule has 1 aliphatic rings. The van der Waals surface area contributed by atoms with Gasteiger partial charge in [0.1, 0.15) is 11.5 Å². The molecule has 1 unspecified atom stereocenters. The van der Waals surface area contributed by atoms with Crippen LogP contribution in [0.1, 0.15) is 28.0 Å². The molecule has 7 nitrogen and oxygen atoms in total. The molecule has 3 rings (SSSR count). The minimum absolute atomic E-state index is 0.105. The smallest absolute Gasteiger partial charge is 0.271 e. The summed E-state index contributed by atoms with van der Waals surface area (Å²) in [5, 5.41) is 5.84. The summed E-state index contributed by atoms with van der Waals surface area (Å²) in [5.41, 5.74) is 2.39. The second-order valence-electron chi connectivity index (χ2n) is 6.20. The first kappa shape index (κ1) is 17.3. The fraction of sp³-hybridized carbons (Fsp3) is 0.353. The van der Waals surface area contributed by atoms with Crippen LogP contribution in [0.5, 0.6) is 0 Å². The maximum Gasteiger partial charge on any atom is 0.271 e. The van der Waals surface area contributed by atoms with E-state index in [-0.39, 0.29) is 29.1 Å². The molecule has 25 heavy (non-hydrogen) atoms. The summed E-state index contributed by atoms with van der Waals surface area (Å²) < 4.78 is 22.9. The van der Waals surface area contributed by atoms with Crippen molar-refractivity contribution in [3.05, 3.63) is 53.5 Å². The molecule has 1 saturated heterocycles. The van der Waals surface area contributed by atoms with Gasteiger partial charge in [0.05, 0.1) is 23.9 Å². The largest absolute Gasteiger partial charge is 0.365 e. The Bertz CT molecular complexity index is 848. The number of benzene rings is 1. The molecule has 2 aromatic rings. The van der Waals surface area contributed by atoms with Gasteiger partial charge < -0.3 is 10.6 Å². The number of aryl methyl sites for hydroxylation is 1. The zero-order valence-corrected chi connectivity index (χ0v) is 14.7. The summed E-state index contributed by atoms with van der Waals surface area (Å²) in [6, 6.07) is 7.75. The van der Waals surface area contributed by atoms with Crippen LogP contribution in [0, 0.1) is 6.92 Å². The van der Waals surface area contributed by atoms with Gasteiger partial charge in [0.15, 0.2) is 9.84 Å². The molecule has 0 radical (unpaired) electrons. The van der Waals surface area contributed by atoms with Crippen LogP contribution in [0.2, 0.25) is 0 Å². The normalized spacial score (nSPS) is 18.7. The fourth-order valence-corrected chi connectivity index (χ4v) is 4.29. The number of nitrogens with zero attached hydrogens (tertiary/aromatic N) is 2. The Labute approximate surface area is 146 Å². The lowest BCUT2D eigenvalue weighted by atomic mass is 10.1. The highest BCUT2D eigenvalue weighted by molar-refractivity contribution is 7.91. The van der Waals surface area contributed by atoms with Crippen molar-refractivity contribution in [1.82, 2.24) is 15.3 Å². The highest BCUT2D eigenvalue weighted by Crippen LogP contribution is 2.15. The van der Waals surface area contributed by atoms with Crippen LogP contribution in [0.4, 0.5) is 5.82 Å². The van der Waals surface area contributed by atoms with Crippen molar-refractivity contribution in [2.24, 2.45) is 0 Å². The van der Waals surface area contributed by atoms with Gasteiger partial charge in [0.25, 0.3) is 5.91 Å². The molecule has 1 amide bonds. The average molecular weight is 360 g/mol. The van der Waals surface area contributed by atoms with E-state index in [1.165, 1.54) is 18.0 Å². The second kappa shape index (κ2) is 7.18. The lowest BCUT2D eigenvalue weighted by molar-refractivity contribution is 0.0945. The van der Waals surface area contributed by atoms with Crippen molar-refractivity contribution in [1.29, 1.82) is 0 Å². The number of amides is 1. The first-order valence-corrected chi connectivity index (χ1v) is 9.86. The van der Waals surface area contributed by atoms with E-state index >= 15 is 0 Å².